The lowest BCUT2D eigenvalue weighted by Gasteiger charge is -2.18. The van der Waals surface area contributed by atoms with Crippen LogP contribution in [0.3, 0.4) is 0 Å². The summed E-state index contributed by atoms with van der Waals surface area (Å²) in [6, 6.07) is 3.51. The highest BCUT2D eigenvalue weighted by Crippen LogP contribution is 2.27. The molecule has 0 saturated carbocycles. The molecule has 2 heterocycles. The Morgan fingerprint density at radius 2 is 2.21 bits per heavy atom. The van der Waals surface area contributed by atoms with Crippen LogP contribution in [0, 0.1) is 5.92 Å². The van der Waals surface area contributed by atoms with Crippen LogP contribution in [0.25, 0.3) is 5.65 Å². The van der Waals surface area contributed by atoms with Gasteiger partial charge in [0.1, 0.15) is 11.3 Å². The van der Waals surface area contributed by atoms with Gasteiger partial charge in [-0.2, -0.15) is 0 Å². The first kappa shape index (κ1) is 17.1. The van der Waals surface area contributed by atoms with Crippen molar-refractivity contribution in [2.45, 2.75) is 26.7 Å². The van der Waals surface area contributed by atoms with Gasteiger partial charge >= 0.3 is 0 Å². The molecule has 3 rings (SSSR count). The number of amides is 1. The second kappa shape index (κ2) is 6.99. The highest BCUT2D eigenvalue weighted by atomic mass is 35.5. The zero-order chi connectivity index (χ0) is 17.3. The van der Waals surface area contributed by atoms with Crippen LogP contribution in [0.5, 0.6) is 0 Å². The van der Waals surface area contributed by atoms with Crippen LogP contribution in [0.4, 0.5) is 0 Å². The molecule has 1 unspecified atom stereocenters. The maximum absolute atomic E-state index is 12.7. The fraction of sp³-hybridized carbons (Fsp3) is 0.333. The summed E-state index contributed by atoms with van der Waals surface area (Å²) >= 11 is 12.1. The van der Waals surface area contributed by atoms with Gasteiger partial charge in [-0.25, -0.2) is 4.98 Å². The van der Waals surface area contributed by atoms with E-state index in [4.69, 9.17) is 23.2 Å². The van der Waals surface area contributed by atoms with E-state index in [2.05, 4.69) is 17.2 Å². The number of nitrogens with zero attached hydrogens (tertiary/aromatic N) is 2. The number of fused-ring (bicyclic) bond motifs is 1. The van der Waals surface area contributed by atoms with Gasteiger partial charge in [-0.3, -0.25) is 9.20 Å². The van der Waals surface area contributed by atoms with Crippen molar-refractivity contribution in [2.24, 2.45) is 5.92 Å². The molecule has 1 aliphatic carbocycles. The minimum Gasteiger partial charge on any atom is -0.347 e. The molecule has 4 nitrogen and oxygen atoms in total. The normalized spacial score (nSPS) is 17.6. The summed E-state index contributed by atoms with van der Waals surface area (Å²) < 4.78 is 1.79. The molecule has 0 spiro atoms. The molecular weight excluding hydrogens is 345 g/mol. The molecule has 126 valence electrons. The largest absolute Gasteiger partial charge is 0.347 e. The smallest absolute Gasteiger partial charge is 0.270 e. The van der Waals surface area contributed by atoms with E-state index in [9.17, 15) is 4.79 Å². The van der Waals surface area contributed by atoms with Crippen LogP contribution in [0.1, 0.15) is 36.5 Å². The maximum atomic E-state index is 12.7. The monoisotopic (exact) mass is 363 g/mol. The number of hydrogen-bond acceptors (Lipinski definition) is 2. The van der Waals surface area contributed by atoms with Gasteiger partial charge in [0.05, 0.1) is 5.69 Å². The summed E-state index contributed by atoms with van der Waals surface area (Å²) in [5, 5.41) is 4.46. The van der Waals surface area contributed by atoms with Gasteiger partial charge in [-0.1, -0.05) is 48.7 Å². The number of carbonyl (C=O) groups is 1. The number of hydrogen-bond donors (Lipinski definition) is 1. The molecule has 1 N–H and O–H groups in total. The second-order valence-electron chi connectivity index (χ2n) is 6.00. The number of halogens is 2. The number of rotatable bonds is 4. The highest BCUT2D eigenvalue weighted by Gasteiger charge is 2.19. The SMILES string of the molecule is CCc1nc2cc(Cl)ccn2c1C(=O)NCC1=CC=C(Cl)C(C)C1. The van der Waals surface area contributed by atoms with Crippen molar-refractivity contribution in [3.63, 3.8) is 0 Å². The predicted molar refractivity (Wildman–Crippen MR) is 97.7 cm³/mol. The van der Waals surface area contributed by atoms with Crippen molar-refractivity contribution in [3.05, 3.63) is 57.5 Å². The average Bonchev–Trinajstić information content (AvgIpc) is 2.93. The summed E-state index contributed by atoms with van der Waals surface area (Å²) in [7, 11) is 0. The van der Waals surface area contributed by atoms with Gasteiger partial charge in [-0.05, 0) is 30.9 Å². The van der Waals surface area contributed by atoms with E-state index in [-0.39, 0.29) is 5.91 Å². The van der Waals surface area contributed by atoms with Crippen molar-refractivity contribution in [2.75, 3.05) is 6.54 Å². The third-order valence-electron chi connectivity index (χ3n) is 4.20. The Balaban J connectivity index is 1.81. The Labute approximate surface area is 151 Å². The third kappa shape index (κ3) is 3.35. The summed E-state index contributed by atoms with van der Waals surface area (Å²) in [4.78, 5) is 17.2. The molecule has 24 heavy (non-hydrogen) atoms. The molecule has 1 atom stereocenters. The number of pyridine rings is 1. The van der Waals surface area contributed by atoms with Crippen molar-refractivity contribution >= 4 is 34.8 Å². The number of nitrogens with one attached hydrogen (secondary N) is 1. The molecule has 6 heteroatoms. The first-order chi connectivity index (χ1) is 11.5. The minimum absolute atomic E-state index is 0.129. The predicted octanol–water partition coefficient (Wildman–Crippen LogP) is 4.37. The van der Waals surface area contributed by atoms with Gasteiger partial charge in [0.15, 0.2) is 0 Å². The lowest BCUT2D eigenvalue weighted by molar-refractivity contribution is 0.0949. The quantitative estimate of drug-likeness (QED) is 0.876. The molecule has 1 aliphatic rings. The molecule has 1 amide bonds. The highest BCUT2D eigenvalue weighted by molar-refractivity contribution is 6.31. The molecule has 2 aromatic heterocycles. The molecule has 0 saturated heterocycles. The van der Waals surface area contributed by atoms with Gasteiger partial charge in [0, 0.05) is 28.9 Å². The first-order valence-corrected chi connectivity index (χ1v) is 8.75. The lowest BCUT2D eigenvalue weighted by atomic mass is 9.95. The molecule has 0 bridgehead atoms. The van der Waals surface area contributed by atoms with Gasteiger partial charge in [0.25, 0.3) is 5.91 Å². The summed E-state index contributed by atoms with van der Waals surface area (Å²) in [6.45, 7) is 4.57. The number of allylic oxidation sites excluding steroid dienone is 3. The number of aromatic nitrogens is 2. The van der Waals surface area contributed by atoms with Crippen LogP contribution in [-0.4, -0.2) is 21.8 Å². The van der Waals surface area contributed by atoms with Crippen LogP contribution >= 0.6 is 23.2 Å². The van der Waals surface area contributed by atoms with Crippen LogP contribution in [-0.2, 0) is 6.42 Å². The average molecular weight is 364 g/mol. The standard InChI is InChI=1S/C18H19Cl2N3O/c1-3-15-17(23-7-6-13(19)9-16(23)22-15)18(24)21-10-12-4-5-14(20)11(2)8-12/h4-7,9,11H,3,8,10H2,1-2H3,(H,21,24). The Bertz CT molecular complexity index is 851. The zero-order valence-corrected chi connectivity index (χ0v) is 15.2. The van der Waals surface area contributed by atoms with Crippen LogP contribution < -0.4 is 5.32 Å². The Morgan fingerprint density at radius 1 is 1.42 bits per heavy atom. The lowest BCUT2D eigenvalue weighted by Crippen LogP contribution is -2.28. The summed E-state index contributed by atoms with van der Waals surface area (Å²) in [6.07, 6.45) is 7.21. The van der Waals surface area contributed by atoms with E-state index in [0.717, 1.165) is 22.7 Å². The molecule has 0 aliphatic heterocycles. The third-order valence-corrected chi connectivity index (χ3v) is 4.94. The Hall–Kier alpha value is -1.78. The van der Waals surface area contributed by atoms with Gasteiger partial charge < -0.3 is 5.32 Å². The van der Waals surface area contributed by atoms with Crippen LogP contribution in [0.15, 0.2) is 41.1 Å². The number of carbonyl (C=O) groups excluding carboxylic acids is 1. The van der Waals surface area contributed by atoms with Crippen molar-refractivity contribution in [1.82, 2.24) is 14.7 Å². The van der Waals surface area contributed by atoms with Crippen molar-refractivity contribution in [3.8, 4) is 0 Å². The molecule has 0 aromatic carbocycles. The molecule has 2 aromatic rings. The fourth-order valence-corrected chi connectivity index (χ4v) is 3.18. The van der Waals surface area contributed by atoms with E-state index in [1.54, 1.807) is 22.7 Å². The van der Waals surface area contributed by atoms with E-state index >= 15 is 0 Å². The van der Waals surface area contributed by atoms with Crippen molar-refractivity contribution < 1.29 is 4.79 Å². The number of aryl methyl sites for hydroxylation is 1. The summed E-state index contributed by atoms with van der Waals surface area (Å²) in [5.74, 6) is 0.170. The second-order valence-corrected chi connectivity index (χ2v) is 6.87. The van der Waals surface area contributed by atoms with E-state index < -0.39 is 0 Å². The van der Waals surface area contributed by atoms with Crippen molar-refractivity contribution in [1.29, 1.82) is 0 Å². The molecule has 0 fully saturated rings. The Morgan fingerprint density at radius 3 is 2.92 bits per heavy atom. The van der Waals surface area contributed by atoms with Gasteiger partial charge in [0.2, 0.25) is 0 Å². The van der Waals surface area contributed by atoms with E-state index in [1.807, 2.05) is 19.1 Å². The Kier molecular flexibility index (Phi) is 4.97. The maximum Gasteiger partial charge on any atom is 0.270 e. The molecule has 0 radical (unpaired) electrons. The van der Waals surface area contributed by atoms with Crippen LogP contribution in [0.2, 0.25) is 5.02 Å². The summed E-state index contributed by atoms with van der Waals surface area (Å²) in [5.41, 5.74) is 3.19. The van der Waals surface area contributed by atoms with Gasteiger partial charge in [-0.15, -0.1) is 0 Å². The topological polar surface area (TPSA) is 46.4 Å². The molecular formula is C18H19Cl2N3O. The fourth-order valence-electron chi connectivity index (χ4n) is 2.88. The minimum atomic E-state index is -0.129. The van der Waals surface area contributed by atoms with E-state index in [0.29, 0.717) is 35.2 Å². The number of imidazole rings is 1. The first-order valence-electron chi connectivity index (χ1n) is 7.99. The van der Waals surface area contributed by atoms with E-state index in [1.165, 1.54) is 0 Å². The zero-order valence-electron chi connectivity index (χ0n) is 13.6.